The molecule has 0 N–H and O–H groups in total. The molecule has 5 rings (SSSR count). The number of fused-ring (bicyclic) bond motifs is 1. The van der Waals surface area contributed by atoms with E-state index < -0.39 is 17.9 Å². The summed E-state index contributed by atoms with van der Waals surface area (Å²) in [6.07, 6.45) is 4.08. The Morgan fingerprint density at radius 1 is 0.842 bits per heavy atom. The quantitative estimate of drug-likeness (QED) is 0.391. The monoisotopic (exact) mass is 553 g/mol. The molecule has 11 heteroatoms. The van der Waals surface area contributed by atoms with Gasteiger partial charge in [-0.25, -0.2) is 8.42 Å². The fourth-order valence-corrected chi connectivity index (χ4v) is 7.34. The van der Waals surface area contributed by atoms with E-state index in [2.05, 4.69) is 4.98 Å². The number of piperazine rings is 1. The first-order chi connectivity index (χ1) is 18.2. The van der Waals surface area contributed by atoms with Gasteiger partial charge in [-0.2, -0.15) is 12.7 Å². The van der Waals surface area contributed by atoms with Crippen molar-refractivity contribution in [2.75, 3.05) is 45.6 Å². The Labute approximate surface area is 221 Å². The van der Waals surface area contributed by atoms with Crippen LogP contribution in [0.3, 0.4) is 0 Å². The molecular formula is C27H27N3O6S2. The van der Waals surface area contributed by atoms with Crippen LogP contribution in [0.1, 0.15) is 27.0 Å². The fraction of sp³-hybridized carbons (Fsp3) is 0.259. The van der Waals surface area contributed by atoms with E-state index in [1.54, 1.807) is 18.5 Å². The molecule has 0 atom stereocenters. The summed E-state index contributed by atoms with van der Waals surface area (Å²) in [4.78, 5) is 19.8. The van der Waals surface area contributed by atoms with Crippen LogP contribution in [0.4, 0.5) is 0 Å². The number of hydrogen-bond acceptors (Lipinski definition) is 8. The molecule has 1 aliphatic carbocycles. The van der Waals surface area contributed by atoms with E-state index in [9.17, 15) is 21.6 Å². The molecule has 1 saturated heterocycles. The lowest BCUT2D eigenvalue weighted by molar-refractivity contribution is 0.105. The first kappa shape index (κ1) is 26.2. The lowest BCUT2D eigenvalue weighted by atomic mass is 9.95. The van der Waals surface area contributed by atoms with E-state index in [-0.39, 0.29) is 18.9 Å². The van der Waals surface area contributed by atoms with E-state index in [4.69, 9.17) is 4.74 Å². The number of hydrogen-bond donors (Lipinski definition) is 0. The largest absolute Gasteiger partial charge is 0.492 e. The Bertz CT molecular complexity index is 1600. The fourth-order valence-electron chi connectivity index (χ4n) is 4.75. The molecule has 1 aromatic heterocycles. The number of Topliss-reactive ketones (excluding diaryl/α,β-unsaturated/α-hetero) is 1. The van der Waals surface area contributed by atoms with Crippen LogP contribution in [0.15, 0.2) is 73.1 Å². The molecule has 2 aliphatic rings. The van der Waals surface area contributed by atoms with Gasteiger partial charge in [-0.1, -0.05) is 36.4 Å². The number of benzene rings is 2. The number of ether oxygens (including phenoxy) is 1. The van der Waals surface area contributed by atoms with Gasteiger partial charge in [0.05, 0.1) is 6.26 Å². The van der Waals surface area contributed by atoms with Crippen molar-refractivity contribution < 1.29 is 26.4 Å². The average molecular weight is 554 g/mol. The molecule has 1 aliphatic heterocycles. The maximum absolute atomic E-state index is 13.6. The summed E-state index contributed by atoms with van der Waals surface area (Å²) in [5.74, 6) is 0.482. The number of carbonyl (C=O) groups is 1. The zero-order valence-corrected chi connectivity index (χ0v) is 22.4. The third-order valence-corrected chi connectivity index (χ3v) is 11.4. The van der Waals surface area contributed by atoms with E-state index in [0.29, 0.717) is 49.4 Å². The molecule has 1 fully saturated rings. The first-order valence-electron chi connectivity index (χ1n) is 12.1. The highest BCUT2D eigenvalue weighted by Crippen LogP contribution is 2.43. The van der Waals surface area contributed by atoms with Gasteiger partial charge in [0.1, 0.15) is 12.4 Å². The van der Waals surface area contributed by atoms with Gasteiger partial charge in [0.15, 0.2) is 5.78 Å². The molecule has 0 spiro atoms. The molecule has 38 heavy (non-hydrogen) atoms. The summed E-state index contributed by atoms with van der Waals surface area (Å²) >= 11 is 0. The number of carbonyl (C=O) groups excluding carboxylic acids is 1. The van der Waals surface area contributed by atoms with Crippen LogP contribution in [0.2, 0.25) is 0 Å². The molecule has 0 saturated carbocycles. The predicted molar refractivity (Wildman–Crippen MR) is 145 cm³/mol. The van der Waals surface area contributed by atoms with Crippen molar-refractivity contribution in [1.29, 1.82) is 0 Å². The first-order valence-corrected chi connectivity index (χ1v) is 16.0. The molecule has 0 unspecified atom stereocenters. The van der Waals surface area contributed by atoms with E-state index in [0.717, 1.165) is 26.6 Å². The van der Waals surface area contributed by atoms with Gasteiger partial charge in [-0.15, -0.1) is 0 Å². The Balaban J connectivity index is 1.28. The number of aromatic nitrogens is 1. The van der Waals surface area contributed by atoms with Crippen molar-refractivity contribution in [3.8, 4) is 5.75 Å². The standard InChI is InChI=1S/C27H27N3O6S2/c1-37(32,33)38(34,35)30-14-12-29(13-15-30)16-17-36-22-9-10-23-24(18-22)27(31)26(21-8-5-11-28-19-21)25(23)20-6-3-2-4-7-20/h2-11,18-19H,12-17H2,1H3. The van der Waals surface area contributed by atoms with Crippen molar-refractivity contribution >= 4 is 34.9 Å². The summed E-state index contributed by atoms with van der Waals surface area (Å²) in [6.45, 7) is 1.88. The minimum atomic E-state index is -4.34. The number of rotatable bonds is 8. The summed E-state index contributed by atoms with van der Waals surface area (Å²) in [5.41, 5.74) is 4.59. The van der Waals surface area contributed by atoms with Crippen molar-refractivity contribution in [3.05, 3.63) is 95.3 Å². The molecular weight excluding hydrogens is 526 g/mol. The van der Waals surface area contributed by atoms with Gasteiger partial charge in [-0.3, -0.25) is 14.7 Å². The van der Waals surface area contributed by atoms with Gasteiger partial charge in [0.25, 0.3) is 8.87 Å². The van der Waals surface area contributed by atoms with Gasteiger partial charge >= 0.3 is 9.06 Å². The van der Waals surface area contributed by atoms with Gasteiger partial charge in [-0.05, 0) is 35.4 Å². The minimum Gasteiger partial charge on any atom is -0.492 e. The SMILES string of the molecule is CS(=O)(=O)S(=O)(=O)N1CCN(CCOc2ccc3c(c2)C(=O)C(c2cccnc2)=C3c2ccccc2)CC1. The van der Waals surface area contributed by atoms with Crippen molar-refractivity contribution in [3.63, 3.8) is 0 Å². The van der Waals surface area contributed by atoms with Crippen molar-refractivity contribution in [1.82, 2.24) is 14.2 Å². The molecule has 9 nitrogen and oxygen atoms in total. The highest BCUT2D eigenvalue weighted by atomic mass is 33.2. The summed E-state index contributed by atoms with van der Waals surface area (Å²) in [6, 6.07) is 19.0. The Morgan fingerprint density at radius 2 is 1.55 bits per heavy atom. The van der Waals surface area contributed by atoms with Crippen LogP contribution in [0.25, 0.3) is 11.1 Å². The second-order valence-corrected chi connectivity index (χ2v) is 15.0. The smallest absolute Gasteiger partial charge is 0.319 e. The van der Waals surface area contributed by atoms with Gasteiger partial charge < -0.3 is 4.74 Å². The van der Waals surface area contributed by atoms with Crippen LogP contribution in [0, 0.1) is 0 Å². The molecule has 0 bridgehead atoms. The number of nitrogens with zero attached hydrogens (tertiary/aromatic N) is 3. The van der Waals surface area contributed by atoms with Crippen LogP contribution < -0.4 is 4.74 Å². The van der Waals surface area contributed by atoms with E-state index in [1.807, 2.05) is 59.5 Å². The van der Waals surface area contributed by atoms with Gasteiger partial charge in [0, 0.05) is 67.4 Å². The minimum absolute atomic E-state index is 0.0829. The highest BCUT2D eigenvalue weighted by Gasteiger charge is 2.35. The van der Waals surface area contributed by atoms with Crippen LogP contribution in [-0.2, 0) is 17.9 Å². The maximum Gasteiger partial charge on any atom is 0.319 e. The van der Waals surface area contributed by atoms with Gasteiger partial charge in [0.2, 0.25) is 0 Å². The van der Waals surface area contributed by atoms with E-state index >= 15 is 0 Å². The zero-order valence-electron chi connectivity index (χ0n) is 20.8. The Morgan fingerprint density at radius 3 is 2.21 bits per heavy atom. The number of allylic oxidation sites excluding steroid dienone is 1. The van der Waals surface area contributed by atoms with Crippen LogP contribution in [-0.4, -0.2) is 82.4 Å². The average Bonchev–Trinajstić information content (AvgIpc) is 3.21. The lowest BCUT2D eigenvalue weighted by Gasteiger charge is -2.33. The second-order valence-electron chi connectivity index (χ2n) is 9.15. The van der Waals surface area contributed by atoms with Crippen LogP contribution in [0.5, 0.6) is 5.75 Å². The Hall–Kier alpha value is -3.38. The molecule has 0 radical (unpaired) electrons. The molecule has 0 amide bonds. The third kappa shape index (κ3) is 5.02. The highest BCUT2D eigenvalue weighted by molar-refractivity contribution is 8.66. The Kier molecular flexibility index (Phi) is 7.19. The lowest BCUT2D eigenvalue weighted by Crippen LogP contribution is -2.50. The maximum atomic E-state index is 13.6. The third-order valence-electron chi connectivity index (χ3n) is 6.70. The summed E-state index contributed by atoms with van der Waals surface area (Å²) in [5, 5.41) is 0. The topological polar surface area (TPSA) is 114 Å². The molecule has 3 aromatic rings. The van der Waals surface area contributed by atoms with Crippen molar-refractivity contribution in [2.24, 2.45) is 0 Å². The number of ketones is 1. The predicted octanol–water partition coefficient (Wildman–Crippen LogP) is 2.52. The molecule has 2 aromatic carbocycles. The summed E-state index contributed by atoms with van der Waals surface area (Å²) < 4.78 is 54.4. The number of pyridine rings is 1. The van der Waals surface area contributed by atoms with Crippen molar-refractivity contribution in [2.45, 2.75) is 0 Å². The second kappa shape index (κ2) is 10.4. The molecule has 2 heterocycles. The normalized spacial score (nSPS) is 17.0. The van der Waals surface area contributed by atoms with E-state index in [1.165, 1.54) is 0 Å². The zero-order chi connectivity index (χ0) is 26.9. The van der Waals surface area contributed by atoms with Crippen LogP contribution >= 0.6 is 0 Å². The molecule has 198 valence electrons. The summed E-state index contributed by atoms with van der Waals surface area (Å²) in [7, 11) is -8.54.